The van der Waals surface area contributed by atoms with Crippen LogP contribution in [0.15, 0.2) is 25.2 Å². The number of carbonyl (C=O) groups is 1. The van der Waals surface area contributed by atoms with Crippen LogP contribution < -0.4 is 5.32 Å². The van der Waals surface area contributed by atoms with Crippen LogP contribution in [-0.2, 0) is 22.1 Å². The van der Waals surface area contributed by atoms with Crippen LogP contribution in [-0.4, -0.2) is 38.1 Å². The first-order chi connectivity index (χ1) is 13.5. The number of hydrogen-bond acceptors (Lipinski definition) is 4. The van der Waals surface area contributed by atoms with Gasteiger partial charge in [-0.3, -0.25) is 14.2 Å². The highest BCUT2D eigenvalue weighted by Gasteiger charge is 2.28. The summed E-state index contributed by atoms with van der Waals surface area (Å²) >= 11 is 0. The van der Waals surface area contributed by atoms with Crippen LogP contribution in [0.5, 0.6) is 0 Å². The summed E-state index contributed by atoms with van der Waals surface area (Å²) in [6, 6.07) is 0. The summed E-state index contributed by atoms with van der Waals surface area (Å²) in [6.45, 7) is 15.2. The molecule has 1 amide bonds. The average molecular weight is 398 g/mol. The van der Waals surface area contributed by atoms with Crippen LogP contribution in [0.25, 0.3) is 17.4 Å². The van der Waals surface area contributed by atoms with E-state index in [0.29, 0.717) is 18.7 Å². The molecule has 0 bridgehead atoms. The molecule has 1 N–H and O–H groups in total. The summed E-state index contributed by atoms with van der Waals surface area (Å²) < 4.78 is 9.79. The molecule has 156 valence electrons. The number of amides is 1. The summed E-state index contributed by atoms with van der Waals surface area (Å²) in [4.78, 5) is 11.5. The third-order valence-corrected chi connectivity index (χ3v) is 5.24. The van der Waals surface area contributed by atoms with Gasteiger partial charge in [0, 0.05) is 43.9 Å². The summed E-state index contributed by atoms with van der Waals surface area (Å²) in [7, 11) is 1.88. The Morgan fingerprint density at radius 2 is 2.14 bits per heavy atom. The summed E-state index contributed by atoms with van der Waals surface area (Å²) in [5.41, 5.74) is 3.69. The van der Waals surface area contributed by atoms with E-state index in [0.717, 1.165) is 22.4 Å². The molecule has 3 rings (SSSR count). The number of carbonyl (C=O) groups excluding carboxylic acids is 1. The van der Waals surface area contributed by atoms with E-state index in [1.807, 2.05) is 50.2 Å². The van der Waals surface area contributed by atoms with Gasteiger partial charge in [0.05, 0.1) is 23.0 Å². The van der Waals surface area contributed by atoms with Gasteiger partial charge in [-0.2, -0.15) is 10.2 Å². The number of aryl methyl sites for hydroxylation is 1. The van der Waals surface area contributed by atoms with Gasteiger partial charge in [-0.05, 0) is 46.3 Å². The fourth-order valence-corrected chi connectivity index (χ4v) is 3.35. The summed E-state index contributed by atoms with van der Waals surface area (Å²) in [6.07, 6.45) is 8.24. The van der Waals surface area contributed by atoms with E-state index in [4.69, 9.17) is 4.74 Å². The topological polar surface area (TPSA) is 74.0 Å². The van der Waals surface area contributed by atoms with Crippen LogP contribution >= 0.6 is 0 Å². The molecule has 1 aliphatic heterocycles. The standard InChI is InChI=1S/C22H31N5O2/c1-14(18-11-24-27(12-18)22(4,5)6)8-20-19(13-26(7)25-20)16(3)29-15(2)17-9-21(28)23-10-17/h8,11-13,15,17H,3,9-10H2,1-2,4-7H3,(H,23,28)/b14-8+/t15-,17-/m1/s1. The zero-order valence-electron chi connectivity index (χ0n) is 18.2. The molecule has 1 aliphatic rings. The Morgan fingerprint density at radius 1 is 1.41 bits per heavy atom. The molecule has 7 nitrogen and oxygen atoms in total. The number of aromatic nitrogens is 4. The molecule has 0 spiro atoms. The smallest absolute Gasteiger partial charge is 0.220 e. The van der Waals surface area contributed by atoms with E-state index in [2.05, 4.69) is 42.9 Å². The van der Waals surface area contributed by atoms with Gasteiger partial charge < -0.3 is 10.1 Å². The van der Waals surface area contributed by atoms with E-state index in [1.165, 1.54) is 0 Å². The number of nitrogens with zero attached hydrogens (tertiary/aromatic N) is 4. The van der Waals surface area contributed by atoms with E-state index in [1.54, 1.807) is 4.68 Å². The van der Waals surface area contributed by atoms with Crippen LogP contribution in [0.3, 0.4) is 0 Å². The molecule has 0 aliphatic carbocycles. The molecule has 2 aromatic rings. The van der Waals surface area contributed by atoms with Crippen molar-refractivity contribution in [3.05, 3.63) is 42.0 Å². The van der Waals surface area contributed by atoms with Crippen LogP contribution in [0.4, 0.5) is 0 Å². The molecule has 1 fully saturated rings. The summed E-state index contributed by atoms with van der Waals surface area (Å²) in [5, 5.41) is 11.9. The molecule has 29 heavy (non-hydrogen) atoms. The Morgan fingerprint density at radius 3 is 2.72 bits per heavy atom. The minimum atomic E-state index is -0.107. The lowest BCUT2D eigenvalue weighted by atomic mass is 10.0. The van der Waals surface area contributed by atoms with Crippen LogP contribution in [0.2, 0.25) is 0 Å². The molecule has 0 aromatic carbocycles. The molecule has 7 heteroatoms. The van der Waals surface area contributed by atoms with Crippen molar-refractivity contribution in [2.45, 2.75) is 52.7 Å². The van der Waals surface area contributed by atoms with Crippen molar-refractivity contribution in [2.24, 2.45) is 13.0 Å². The average Bonchev–Trinajstić information content (AvgIpc) is 3.33. The Hall–Kier alpha value is -2.83. The number of rotatable bonds is 6. The zero-order chi connectivity index (χ0) is 21.3. The predicted octanol–water partition coefficient (Wildman–Crippen LogP) is 3.44. The molecule has 2 atom stereocenters. The second-order valence-electron chi connectivity index (χ2n) is 8.79. The zero-order valence-corrected chi connectivity index (χ0v) is 18.2. The van der Waals surface area contributed by atoms with Crippen molar-refractivity contribution >= 4 is 23.3 Å². The fraction of sp³-hybridized carbons (Fsp3) is 0.500. The van der Waals surface area contributed by atoms with E-state index in [9.17, 15) is 4.79 Å². The lowest BCUT2D eigenvalue weighted by Gasteiger charge is -2.20. The molecular weight excluding hydrogens is 366 g/mol. The molecule has 0 saturated carbocycles. The van der Waals surface area contributed by atoms with Gasteiger partial charge >= 0.3 is 0 Å². The molecule has 1 saturated heterocycles. The summed E-state index contributed by atoms with van der Waals surface area (Å²) in [5.74, 6) is 0.793. The van der Waals surface area contributed by atoms with Crippen molar-refractivity contribution in [2.75, 3.05) is 6.54 Å². The first-order valence-electron chi connectivity index (χ1n) is 9.94. The SMILES string of the molecule is C=C(O[C@H](C)[C@H]1CNC(=O)C1)c1cn(C)nc1/C=C(\C)c1cnn(C(C)(C)C)c1. The van der Waals surface area contributed by atoms with Gasteiger partial charge in [0.25, 0.3) is 0 Å². The molecule has 3 heterocycles. The van der Waals surface area contributed by atoms with Crippen molar-refractivity contribution in [1.82, 2.24) is 24.9 Å². The van der Waals surface area contributed by atoms with Gasteiger partial charge in [0.2, 0.25) is 5.91 Å². The van der Waals surface area contributed by atoms with Crippen molar-refractivity contribution in [3.63, 3.8) is 0 Å². The van der Waals surface area contributed by atoms with Crippen molar-refractivity contribution in [3.8, 4) is 0 Å². The Labute approximate surface area is 172 Å². The normalized spacial score (nSPS) is 18.6. The number of ether oxygens (including phenoxy) is 1. The largest absolute Gasteiger partial charge is 0.490 e. The molecule has 0 radical (unpaired) electrons. The number of hydrogen-bond donors (Lipinski definition) is 1. The van der Waals surface area contributed by atoms with E-state index in [-0.39, 0.29) is 23.5 Å². The monoisotopic (exact) mass is 397 g/mol. The van der Waals surface area contributed by atoms with Gasteiger partial charge in [-0.15, -0.1) is 0 Å². The van der Waals surface area contributed by atoms with Crippen molar-refractivity contribution in [1.29, 1.82) is 0 Å². The maximum atomic E-state index is 11.5. The lowest BCUT2D eigenvalue weighted by molar-refractivity contribution is -0.119. The minimum absolute atomic E-state index is 0.0660. The Kier molecular flexibility index (Phi) is 5.68. The van der Waals surface area contributed by atoms with Gasteiger partial charge in [0.1, 0.15) is 11.9 Å². The second-order valence-corrected chi connectivity index (χ2v) is 8.79. The van der Waals surface area contributed by atoms with Gasteiger partial charge in [-0.25, -0.2) is 0 Å². The minimum Gasteiger partial charge on any atom is -0.490 e. The number of nitrogens with one attached hydrogen (secondary N) is 1. The Balaban J connectivity index is 1.79. The molecule has 0 unspecified atom stereocenters. The van der Waals surface area contributed by atoms with Crippen LogP contribution in [0.1, 0.15) is 57.9 Å². The van der Waals surface area contributed by atoms with E-state index < -0.39 is 0 Å². The highest BCUT2D eigenvalue weighted by atomic mass is 16.5. The quantitative estimate of drug-likeness (QED) is 0.758. The highest BCUT2D eigenvalue weighted by molar-refractivity contribution is 5.82. The molecular formula is C22H31N5O2. The number of allylic oxidation sites excluding steroid dienone is 1. The Bertz CT molecular complexity index is 945. The second kappa shape index (κ2) is 7.89. The first kappa shape index (κ1) is 20.9. The maximum absolute atomic E-state index is 11.5. The van der Waals surface area contributed by atoms with Crippen LogP contribution in [0, 0.1) is 5.92 Å². The van der Waals surface area contributed by atoms with E-state index >= 15 is 0 Å². The lowest BCUT2D eigenvalue weighted by Crippen LogP contribution is -2.22. The third-order valence-electron chi connectivity index (χ3n) is 5.24. The molecule has 2 aromatic heterocycles. The maximum Gasteiger partial charge on any atom is 0.220 e. The highest BCUT2D eigenvalue weighted by Crippen LogP contribution is 2.27. The third kappa shape index (κ3) is 4.78. The first-order valence-corrected chi connectivity index (χ1v) is 9.94. The van der Waals surface area contributed by atoms with Crippen molar-refractivity contribution < 1.29 is 9.53 Å². The van der Waals surface area contributed by atoms with Gasteiger partial charge in [0.15, 0.2) is 0 Å². The predicted molar refractivity (Wildman–Crippen MR) is 115 cm³/mol. The van der Waals surface area contributed by atoms with Gasteiger partial charge in [-0.1, -0.05) is 6.58 Å². The fourth-order valence-electron chi connectivity index (χ4n) is 3.35.